The number of carboxylic acid groups (broad SMARTS) is 1. The van der Waals surface area contributed by atoms with E-state index in [1.807, 2.05) is 20.8 Å². The van der Waals surface area contributed by atoms with Gasteiger partial charge >= 0.3 is 11.9 Å². The normalized spacial score (nSPS) is 53.7. The van der Waals surface area contributed by atoms with Crippen LogP contribution < -0.4 is 0 Å². The van der Waals surface area contributed by atoms with E-state index in [0.717, 1.165) is 5.57 Å². The van der Waals surface area contributed by atoms with Gasteiger partial charge in [0.05, 0.1) is 44.1 Å². The maximum Gasteiger partial charge on any atom is 0.335 e. The molecular weight excluding hydrogens is 969 g/mol. The molecule has 3 aliphatic heterocycles. The van der Waals surface area contributed by atoms with Gasteiger partial charge in [0, 0.05) is 17.8 Å². The molecule has 418 valence electrons. The number of aliphatic hydroxyl groups is 13. The van der Waals surface area contributed by atoms with Gasteiger partial charge in [-0.2, -0.15) is 0 Å². The van der Waals surface area contributed by atoms with Crippen molar-refractivity contribution in [3.63, 3.8) is 0 Å². The minimum atomic E-state index is -2.16. The zero-order valence-electron chi connectivity index (χ0n) is 42.5. The van der Waals surface area contributed by atoms with E-state index in [-0.39, 0.29) is 24.7 Å². The number of carbonyl (C=O) groups excluding carboxylic acids is 1. The SMILES string of the molecule is CC(=O)O[C@H]1[C@H](O)[C@]2(CO)[C@H](O)C[C@]3(C)C(=CCC4[C@@]5(C)CC[C@H](O[C@@H]6O[C@H](C(=O)O)[C@@H](O[C@@H]7O[C@H](CO)[C@@H](O)[C@H](O)[C@H]7O)[C@H](O)[C@H]6O[C@@H]6O[C@H](CO)[C@@H](O)[C@H](O)[C@H]6O)[C@](C)(CO)C5CC[C@]43C)[C@@H]2CC1(C)C. The van der Waals surface area contributed by atoms with Gasteiger partial charge in [0.25, 0.3) is 0 Å². The number of carboxylic acids is 1. The first-order chi connectivity index (χ1) is 34.1. The summed E-state index contributed by atoms with van der Waals surface area (Å²) >= 11 is 0. The Morgan fingerprint density at radius 1 is 0.658 bits per heavy atom. The summed E-state index contributed by atoms with van der Waals surface area (Å²) in [5.74, 6) is -3.07. The molecule has 27 atom stereocenters. The molecule has 14 N–H and O–H groups in total. The Morgan fingerprint density at radius 3 is 1.75 bits per heavy atom. The monoisotopic (exact) mass is 1050 g/mol. The zero-order valence-corrected chi connectivity index (χ0v) is 42.5. The molecule has 23 heteroatoms. The van der Waals surface area contributed by atoms with Crippen molar-refractivity contribution >= 4 is 11.9 Å². The topological polar surface area (TPSA) is 382 Å². The third kappa shape index (κ3) is 8.76. The molecule has 3 heterocycles. The van der Waals surface area contributed by atoms with Crippen LogP contribution in [0.1, 0.15) is 93.4 Å². The summed E-state index contributed by atoms with van der Waals surface area (Å²) in [5.41, 5.74) is -3.81. The number of fused-ring (bicyclic) bond motifs is 7. The van der Waals surface area contributed by atoms with Crippen molar-refractivity contribution in [1.29, 1.82) is 0 Å². The highest BCUT2D eigenvalue weighted by Crippen LogP contribution is 2.76. The minimum Gasteiger partial charge on any atom is -0.479 e. The number of hydrogen-bond donors (Lipinski definition) is 14. The van der Waals surface area contributed by atoms with Crippen molar-refractivity contribution in [3.8, 4) is 0 Å². The van der Waals surface area contributed by atoms with Crippen LogP contribution in [0.5, 0.6) is 0 Å². The van der Waals surface area contributed by atoms with Gasteiger partial charge in [0.15, 0.2) is 25.0 Å². The van der Waals surface area contributed by atoms with E-state index in [1.54, 1.807) is 0 Å². The van der Waals surface area contributed by atoms with Gasteiger partial charge in [-0.05, 0) is 78.9 Å². The molecule has 4 saturated carbocycles. The van der Waals surface area contributed by atoms with E-state index in [9.17, 15) is 81.1 Å². The fraction of sp³-hybridized carbons (Fsp3) is 0.920. The maximum absolute atomic E-state index is 13.1. The predicted molar refractivity (Wildman–Crippen MR) is 246 cm³/mol. The number of aliphatic carboxylic acids is 1. The molecule has 0 radical (unpaired) electrons. The fourth-order valence-corrected chi connectivity index (χ4v) is 15.8. The summed E-state index contributed by atoms with van der Waals surface area (Å²) < 4.78 is 41.5. The highest BCUT2D eigenvalue weighted by atomic mass is 16.8. The highest BCUT2D eigenvalue weighted by molar-refractivity contribution is 5.73. The molecule has 73 heavy (non-hydrogen) atoms. The first-order valence-corrected chi connectivity index (χ1v) is 25.7. The molecule has 8 aliphatic rings. The minimum absolute atomic E-state index is 0.0461. The average Bonchev–Trinajstić information content (AvgIpc) is 3.33. The summed E-state index contributed by atoms with van der Waals surface area (Å²) in [6.07, 6.45) is -27.7. The van der Waals surface area contributed by atoms with Gasteiger partial charge < -0.3 is 105 Å². The molecule has 3 saturated heterocycles. The lowest BCUT2D eigenvalue weighted by Gasteiger charge is -2.72. The number of allylic oxidation sites excluding steroid dienone is 2. The molecule has 7 fully saturated rings. The lowest BCUT2D eigenvalue weighted by atomic mass is 9.33. The largest absolute Gasteiger partial charge is 0.479 e. The second kappa shape index (κ2) is 20.3. The highest BCUT2D eigenvalue weighted by Gasteiger charge is 2.73. The van der Waals surface area contributed by atoms with Crippen molar-refractivity contribution in [2.24, 2.45) is 50.2 Å². The average molecular weight is 1050 g/mol. The van der Waals surface area contributed by atoms with Crippen molar-refractivity contribution in [1.82, 2.24) is 0 Å². The fourth-order valence-electron chi connectivity index (χ4n) is 15.8. The third-order valence-corrected chi connectivity index (χ3v) is 20.1. The van der Waals surface area contributed by atoms with E-state index in [0.29, 0.717) is 32.1 Å². The van der Waals surface area contributed by atoms with Gasteiger partial charge in [0.1, 0.15) is 79.4 Å². The zero-order chi connectivity index (χ0) is 53.9. The molecule has 0 aromatic carbocycles. The van der Waals surface area contributed by atoms with Gasteiger partial charge in [-0.15, -0.1) is 0 Å². The number of carbonyl (C=O) groups is 2. The van der Waals surface area contributed by atoms with Crippen molar-refractivity contribution in [2.45, 2.75) is 210 Å². The lowest BCUT2D eigenvalue weighted by Crippen LogP contribution is -2.72. The van der Waals surface area contributed by atoms with Crippen molar-refractivity contribution < 1.29 is 114 Å². The molecule has 0 spiro atoms. The quantitative estimate of drug-likeness (QED) is 0.0532. The summed E-state index contributed by atoms with van der Waals surface area (Å²) in [5, 5.41) is 154. The summed E-state index contributed by atoms with van der Waals surface area (Å²) in [6, 6.07) is 0. The molecule has 0 aromatic rings. The molecule has 0 amide bonds. The van der Waals surface area contributed by atoms with Crippen LogP contribution in [0, 0.1) is 50.2 Å². The molecule has 0 aromatic heterocycles. The number of aliphatic hydroxyl groups excluding tert-OH is 13. The van der Waals surface area contributed by atoms with Gasteiger partial charge in [-0.25, -0.2) is 4.79 Å². The first-order valence-electron chi connectivity index (χ1n) is 25.7. The van der Waals surface area contributed by atoms with Crippen LogP contribution in [0.3, 0.4) is 0 Å². The molecule has 5 aliphatic carbocycles. The smallest absolute Gasteiger partial charge is 0.335 e. The van der Waals surface area contributed by atoms with Crippen LogP contribution in [0.25, 0.3) is 0 Å². The van der Waals surface area contributed by atoms with Gasteiger partial charge in [-0.1, -0.05) is 53.2 Å². The Balaban J connectivity index is 1.11. The number of hydrogen-bond acceptors (Lipinski definition) is 22. The van der Waals surface area contributed by atoms with Gasteiger partial charge in [0.2, 0.25) is 0 Å². The summed E-state index contributed by atoms with van der Waals surface area (Å²) in [7, 11) is 0. The lowest BCUT2D eigenvalue weighted by molar-refractivity contribution is -0.392. The number of ether oxygens (including phenoxy) is 7. The van der Waals surface area contributed by atoms with Crippen LogP contribution >= 0.6 is 0 Å². The second-order valence-electron chi connectivity index (χ2n) is 24.2. The van der Waals surface area contributed by atoms with E-state index in [2.05, 4.69) is 26.8 Å². The predicted octanol–water partition coefficient (Wildman–Crippen LogP) is -2.84. The van der Waals surface area contributed by atoms with E-state index < -0.39 is 193 Å². The number of rotatable bonds is 12. The van der Waals surface area contributed by atoms with Crippen LogP contribution in [0.4, 0.5) is 0 Å². The van der Waals surface area contributed by atoms with Gasteiger partial charge in [-0.3, -0.25) is 4.79 Å². The molecule has 23 nitrogen and oxygen atoms in total. The van der Waals surface area contributed by atoms with Crippen LogP contribution in [0.15, 0.2) is 11.6 Å². The molecular formula is C50H80O23. The Morgan fingerprint density at radius 2 is 1.23 bits per heavy atom. The standard InChI is InChI=1S/C50H80O23/c1-20(55)67-40-39(64)50(19-54)22(14-45(40,2)3)21-8-9-26-46(4)12-11-28(47(5,18-53)25(46)10-13-48(26,6)49(21,7)15-27(50)56)70-44-37(72-43-34(62)32(60)30(58)24(17-52)69-43)35(63)36(38(73-44)41(65)66)71-42-33(61)31(59)29(57)23(16-51)68-42/h8,22-40,42-44,51-54,56-64H,9-19H2,1-7H3,(H,65,66)/t22-,23+,24+,25?,26?,27+,28-,29+,30+,31-,32-,33+,34+,35-,36-,37+,38-,39-,40-,42-,43-,44+,46-,47+,48+,49+,50-/m0/s1. The molecule has 0 bridgehead atoms. The Kier molecular flexibility index (Phi) is 15.9. The van der Waals surface area contributed by atoms with Crippen LogP contribution in [-0.2, 0) is 42.7 Å². The van der Waals surface area contributed by atoms with Crippen LogP contribution in [-0.4, -0.2) is 226 Å². The molecule has 8 rings (SSSR count). The van der Waals surface area contributed by atoms with E-state index in [4.69, 9.17) is 33.2 Å². The Bertz CT molecular complexity index is 2040. The third-order valence-electron chi connectivity index (χ3n) is 20.1. The van der Waals surface area contributed by atoms with Crippen LogP contribution in [0.2, 0.25) is 0 Å². The molecule has 2 unspecified atom stereocenters. The Hall–Kier alpha value is -2.08. The maximum atomic E-state index is 13.1. The second-order valence-corrected chi connectivity index (χ2v) is 24.2. The Labute approximate surface area is 423 Å². The van der Waals surface area contributed by atoms with E-state index >= 15 is 0 Å². The first kappa shape index (κ1) is 57.1. The number of esters is 1. The van der Waals surface area contributed by atoms with E-state index in [1.165, 1.54) is 6.92 Å². The summed E-state index contributed by atoms with van der Waals surface area (Å²) in [4.78, 5) is 25.3. The van der Waals surface area contributed by atoms with Crippen molar-refractivity contribution in [3.05, 3.63) is 11.6 Å². The summed E-state index contributed by atoms with van der Waals surface area (Å²) in [6.45, 7) is 10.9. The van der Waals surface area contributed by atoms with Crippen molar-refractivity contribution in [2.75, 3.05) is 26.4 Å².